The maximum Gasteiger partial charge on any atom is 1.00 e. The molecule has 2 nitrogen and oxygen atoms in total. The molecule has 0 spiro atoms. The van der Waals surface area contributed by atoms with Crippen molar-refractivity contribution < 1.29 is 31.9 Å². The molecule has 0 unspecified atom stereocenters. The molecule has 0 bridgehead atoms. The van der Waals surface area contributed by atoms with Crippen LogP contribution in [-0.2, 0) is 27.1 Å². The van der Waals surface area contributed by atoms with Gasteiger partial charge >= 0.3 is 22.4 Å². The van der Waals surface area contributed by atoms with Crippen LogP contribution in [0.2, 0.25) is 0 Å². The van der Waals surface area contributed by atoms with Gasteiger partial charge in [-0.05, 0) is 6.92 Å². The standard InChI is InChI=1S/C9H9O2.Au/c1-2-11-9(10)8-6-4-3-5-7-8;/h3-4,6-7H,2H2,1H3;/q-1;+1. The van der Waals surface area contributed by atoms with Crippen molar-refractivity contribution in [3.05, 3.63) is 35.9 Å². The van der Waals surface area contributed by atoms with Crippen molar-refractivity contribution in [2.45, 2.75) is 6.92 Å². The molecule has 0 aliphatic heterocycles. The van der Waals surface area contributed by atoms with Gasteiger partial charge in [-0.15, -0.1) is 0 Å². The zero-order valence-electron chi connectivity index (χ0n) is 6.63. The minimum absolute atomic E-state index is 0. The smallest absolute Gasteiger partial charge is 0.472 e. The van der Waals surface area contributed by atoms with E-state index in [1.54, 1.807) is 31.2 Å². The van der Waals surface area contributed by atoms with Crippen LogP contribution in [0.5, 0.6) is 0 Å². The fourth-order valence-corrected chi connectivity index (χ4v) is 0.735. The van der Waals surface area contributed by atoms with E-state index in [4.69, 9.17) is 4.74 Å². The topological polar surface area (TPSA) is 26.3 Å². The first-order chi connectivity index (χ1) is 5.34. The number of ether oxygens (including phenoxy) is 1. The number of hydrogen-bond acceptors (Lipinski definition) is 2. The molecule has 0 heterocycles. The van der Waals surface area contributed by atoms with E-state index in [1.807, 2.05) is 0 Å². The van der Waals surface area contributed by atoms with E-state index in [1.165, 1.54) is 0 Å². The zero-order chi connectivity index (χ0) is 8.10. The quantitative estimate of drug-likeness (QED) is 0.463. The third-order valence-electron chi connectivity index (χ3n) is 1.22. The Morgan fingerprint density at radius 2 is 2.42 bits per heavy atom. The molecule has 1 rings (SSSR count). The summed E-state index contributed by atoms with van der Waals surface area (Å²) in [5.74, 6) is -0.288. The van der Waals surface area contributed by atoms with Crippen LogP contribution in [0.15, 0.2) is 24.3 Å². The molecule has 0 aromatic heterocycles. The summed E-state index contributed by atoms with van der Waals surface area (Å²) < 4.78 is 4.77. The van der Waals surface area contributed by atoms with Gasteiger partial charge in [0.05, 0.1) is 6.61 Å². The second kappa shape index (κ2) is 6.00. The summed E-state index contributed by atoms with van der Waals surface area (Å²) in [4.78, 5) is 11.0. The number of hydrogen-bond donors (Lipinski definition) is 0. The van der Waals surface area contributed by atoms with E-state index in [0.29, 0.717) is 12.2 Å². The fraction of sp³-hybridized carbons (Fsp3) is 0.222. The zero-order valence-corrected chi connectivity index (χ0v) is 8.80. The first kappa shape index (κ1) is 11.4. The second-order valence-electron chi connectivity index (χ2n) is 2.01. The molecule has 0 radical (unpaired) electrons. The van der Waals surface area contributed by atoms with Crippen LogP contribution in [0.1, 0.15) is 17.3 Å². The van der Waals surface area contributed by atoms with Gasteiger partial charge in [0.1, 0.15) is 0 Å². The second-order valence-corrected chi connectivity index (χ2v) is 2.01. The predicted molar refractivity (Wildman–Crippen MR) is 41.2 cm³/mol. The van der Waals surface area contributed by atoms with Gasteiger partial charge in [-0.3, -0.25) is 4.79 Å². The monoisotopic (exact) mass is 346 g/mol. The Morgan fingerprint density at radius 3 is 2.92 bits per heavy atom. The Hall–Kier alpha value is -0.570. The average molecular weight is 346 g/mol. The summed E-state index contributed by atoms with van der Waals surface area (Å²) >= 11 is 0. The van der Waals surface area contributed by atoms with Crippen LogP contribution in [0.3, 0.4) is 0 Å². The van der Waals surface area contributed by atoms with Crippen molar-refractivity contribution in [3.63, 3.8) is 0 Å². The van der Waals surface area contributed by atoms with E-state index >= 15 is 0 Å². The molecular formula is C9H9AuO2. The predicted octanol–water partition coefficient (Wildman–Crippen LogP) is 1.66. The first-order valence-corrected chi connectivity index (χ1v) is 3.48. The Kier molecular flexibility index (Phi) is 5.72. The molecule has 0 saturated heterocycles. The summed E-state index contributed by atoms with van der Waals surface area (Å²) in [7, 11) is 0. The number of esters is 1. The van der Waals surface area contributed by atoms with Crippen molar-refractivity contribution in [2.75, 3.05) is 6.61 Å². The van der Waals surface area contributed by atoms with Crippen molar-refractivity contribution in [1.82, 2.24) is 0 Å². The van der Waals surface area contributed by atoms with Crippen LogP contribution in [0.4, 0.5) is 0 Å². The van der Waals surface area contributed by atoms with Crippen LogP contribution in [0.25, 0.3) is 0 Å². The molecular weight excluding hydrogens is 337 g/mol. The van der Waals surface area contributed by atoms with E-state index in [0.717, 1.165) is 0 Å². The maximum atomic E-state index is 11.0. The largest absolute Gasteiger partial charge is 1.00 e. The number of carbonyl (C=O) groups is 1. The van der Waals surface area contributed by atoms with Crippen LogP contribution < -0.4 is 0 Å². The maximum absolute atomic E-state index is 11.0. The van der Waals surface area contributed by atoms with Crippen LogP contribution in [-0.4, -0.2) is 12.6 Å². The van der Waals surface area contributed by atoms with E-state index in [-0.39, 0.29) is 28.3 Å². The molecule has 0 atom stereocenters. The number of benzene rings is 1. The summed E-state index contributed by atoms with van der Waals surface area (Å²) in [6.07, 6.45) is 0. The fourth-order valence-electron chi connectivity index (χ4n) is 0.735. The van der Waals surface area contributed by atoms with E-state index in [9.17, 15) is 4.79 Å². The molecule has 0 amide bonds. The summed E-state index contributed by atoms with van der Waals surface area (Å²) in [5.41, 5.74) is 0.550. The van der Waals surface area contributed by atoms with Gasteiger partial charge in [0.25, 0.3) is 5.97 Å². The summed E-state index contributed by atoms with van der Waals surface area (Å²) in [6.45, 7) is 2.19. The van der Waals surface area contributed by atoms with Gasteiger partial charge < -0.3 is 4.74 Å². The van der Waals surface area contributed by atoms with Gasteiger partial charge in [-0.1, -0.05) is 5.56 Å². The normalized spacial score (nSPS) is 8.42. The van der Waals surface area contributed by atoms with Crippen molar-refractivity contribution >= 4 is 5.97 Å². The molecule has 1 aromatic carbocycles. The number of rotatable bonds is 2. The third-order valence-corrected chi connectivity index (χ3v) is 1.22. The average Bonchev–Trinajstić information content (AvgIpc) is 2.07. The molecule has 12 heavy (non-hydrogen) atoms. The summed E-state index contributed by atoms with van der Waals surface area (Å²) in [6, 6.07) is 9.61. The van der Waals surface area contributed by atoms with Gasteiger partial charge in [0, 0.05) is 0 Å². The van der Waals surface area contributed by atoms with Gasteiger partial charge in [-0.2, -0.15) is 30.3 Å². The number of carbonyl (C=O) groups excluding carboxylic acids is 1. The first-order valence-electron chi connectivity index (χ1n) is 3.48. The molecule has 1 aromatic rings. The molecule has 0 N–H and O–H groups in total. The van der Waals surface area contributed by atoms with Gasteiger partial charge in [0.2, 0.25) is 0 Å². The van der Waals surface area contributed by atoms with Crippen LogP contribution >= 0.6 is 0 Å². The molecule has 0 fully saturated rings. The SMILES string of the molecule is CCOC(=O)c1c[c-]ccc1.[Au+]. The van der Waals surface area contributed by atoms with Gasteiger partial charge in [-0.25, -0.2) is 0 Å². The summed E-state index contributed by atoms with van der Waals surface area (Å²) in [5, 5.41) is 0. The van der Waals surface area contributed by atoms with Crippen LogP contribution in [0, 0.1) is 6.07 Å². The molecule has 0 saturated carbocycles. The Morgan fingerprint density at radius 1 is 1.67 bits per heavy atom. The van der Waals surface area contributed by atoms with E-state index < -0.39 is 0 Å². The minimum Gasteiger partial charge on any atom is -0.472 e. The Labute approximate surface area is 87.4 Å². The van der Waals surface area contributed by atoms with Gasteiger partial charge in [0.15, 0.2) is 0 Å². The third kappa shape index (κ3) is 3.22. The van der Waals surface area contributed by atoms with Crippen molar-refractivity contribution in [1.29, 1.82) is 0 Å². The Balaban J connectivity index is 0.00000121. The van der Waals surface area contributed by atoms with Crippen molar-refractivity contribution in [2.24, 2.45) is 0 Å². The molecule has 3 heteroatoms. The van der Waals surface area contributed by atoms with Crippen molar-refractivity contribution in [3.8, 4) is 0 Å². The molecule has 0 aliphatic carbocycles. The van der Waals surface area contributed by atoms with E-state index in [2.05, 4.69) is 6.07 Å². The molecule has 68 valence electrons. The molecule has 0 aliphatic rings. The Bertz CT molecular complexity index is 234. The minimum atomic E-state index is -0.288.